The van der Waals surface area contributed by atoms with Crippen molar-refractivity contribution < 1.29 is 9.18 Å². The number of para-hydroxylation sites is 1. The average Bonchev–Trinajstić information content (AvgIpc) is 2.63. The Morgan fingerprint density at radius 3 is 2.56 bits per heavy atom. The fourth-order valence-electron chi connectivity index (χ4n) is 2.33. The number of nitrogens with zero attached hydrogens (tertiary/aromatic N) is 2. The van der Waals surface area contributed by atoms with Gasteiger partial charge in [0.2, 0.25) is 5.82 Å². The van der Waals surface area contributed by atoms with Gasteiger partial charge in [-0.2, -0.15) is 0 Å². The van der Waals surface area contributed by atoms with Gasteiger partial charge in [-0.25, -0.2) is 14.4 Å². The predicted octanol–water partition coefficient (Wildman–Crippen LogP) is 4.04. The third kappa shape index (κ3) is 3.91. The number of benzene rings is 2. The smallest absolute Gasteiger partial charge is 0.289 e. The topological polar surface area (TPSA) is 66.9 Å². The van der Waals surface area contributed by atoms with Crippen molar-refractivity contribution in [1.29, 1.82) is 0 Å². The van der Waals surface area contributed by atoms with Gasteiger partial charge in [-0.05, 0) is 49.7 Å². The first-order chi connectivity index (χ1) is 12.1. The Morgan fingerprint density at radius 2 is 1.84 bits per heavy atom. The zero-order chi connectivity index (χ0) is 17.8. The summed E-state index contributed by atoms with van der Waals surface area (Å²) in [5, 5.41) is 6.79. The van der Waals surface area contributed by atoms with Crippen molar-refractivity contribution in [2.45, 2.75) is 26.3 Å². The molecule has 0 aliphatic carbocycles. The van der Waals surface area contributed by atoms with Crippen LogP contribution in [0.3, 0.4) is 0 Å². The molecule has 1 aromatic heterocycles. The molecule has 2 aromatic carbocycles. The van der Waals surface area contributed by atoms with E-state index in [1.165, 1.54) is 12.1 Å². The van der Waals surface area contributed by atoms with Crippen LogP contribution < -0.4 is 10.6 Å². The van der Waals surface area contributed by atoms with Crippen LogP contribution in [0.5, 0.6) is 0 Å². The third-order valence-electron chi connectivity index (χ3n) is 3.90. The van der Waals surface area contributed by atoms with E-state index in [1.54, 1.807) is 12.1 Å². The van der Waals surface area contributed by atoms with E-state index in [0.29, 0.717) is 17.0 Å². The lowest BCUT2D eigenvalue weighted by molar-refractivity contribution is 0.0929. The van der Waals surface area contributed by atoms with Crippen molar-refractivity contribution in [3.63, 3.8) is 0 Å². The highest BCUT2D eigenvalue weighted by molar-refractivity contribution is 5.97. The number of nitrogens with one attached hydrogen (secondary N) is 2. The Bertz CT molecular complexity index is 896. The third-order valence-corrected chi connectivity index (χ3v) is 3.90. The minimum atomic E-state index is -0.317. The molecule has 1 heterocycles. The van der Waals surface area contributed by atoms with Gasteiger partial charge in [0.05, 0.1) is 5.52 Å². The minimum absolute atomic E-state index is 0.0380. The number of hydrogen-bond acceptors (Lipinski definition) is 4. The summed E-state index contributed by atoms with van der Waals surface area (Å²) in [6, 6.07) is 13.4. The van der Waals surface area contributed by atoms with E-state index in [1.807, 2.05) is 38.1 Å². The molecule has 0 aliphatic rings. The van der Waals surface area contributed by atoms with E-state index >= 15 is 0 Å². The van der Waals surface area contributed by atoms with E-state index in [0.717, 1.165) is 11.8 Å². The van der Waals surface area contributed by atoms with Crippen LogP contribution in [-0.4, -0.2) is 21.9 Å². The molecule has 6 heteroatoms. The standard InChI is InChI=1S/C19H19FN4O/c1-3-12(2)21-19(25)18-23-16-7-5-4-6-15(16)17(24-18)22-14-10-8-13(20)9-11-14/h4-12H,3H2,1-2H3,(H,21,25)(H,22,23,24). The van der Waals surface area contributed by atoms with Gasteiger partial charge in [0, 0.05) is 17.1 Å². The van der Waals surface area contributed by atoms with Crippen LogP contribution in [0.25, 0.3) is 10.9 Å². The van der Waals surface area contributed by atoms with Crippen LogP contribution in [0.2, 0.25) is 0 Å². The zero-order valence-electron chi connectivity index (χ0n) is 14.1. The molecule has 5 nitrogen and oxygen atoms in total. The summed E-state index contributed by atoms with van der Waals surface area (Å²) in [4.78, 5) is 21.1. The molecule has 3 aromatic rings. The number of carbonyl (C=O) groups excluding carboxylic acids is 1. The van der Waals surface area contributed by atoms with Crippen LogP contribution in [0, 0.1) is 5.82 Å². The van der Waals surface area contributed by atoms with E-state index < -0.39 is 0 Å². The number of carbonyl (C=O) groups is 1. The fourth-order valence-corrected chi connectivity index (χ4v) is 2.33. The molecule has 1 unspecified atom stereocenters. The second kappa shape index (κ2) is 7.25. The summed E-state index contributed by atoms with van der Waals surface area (Å²) in [6.07, 6.45) is 0.819. The lowest BCUT2D eigenvalue weighted by Gasteiger charge is -2.13. The van der Waals surface area contributed by atoms with Crippen molar-refractivity contribution in [3.8, 4) is 0 Å². The van der Waals surface area contributed by atoms with Crippen LogP contribution in [0.1, 0.15) is 30.9 Å². The lowest BCUT2D eigenvalue weighted by atomic mass is 10.2. The fraction of sp³-hybridized carbons (Fsp3) is 0.211. The Labute approximate surface area is 145 Å². The Kier molecular flexibility index (Phi) is 4.88. The molecule has 0 spiro atoms. The first-order valence-electron chi connectivity index (χ1n) is 8.17. The van der Waals surface area contributed by atoms with Gasteiger partial charge < -0.3 is 10.6 Å². The lowest BCUT2D eigenvalue weighted by Crippen LogP contribution is -2.33. The van der Waals surface area contributed by atoms with Gasteiger partial charge in [0.25, 0.3) is 5.91 Å². The number of anilines is 2. The van der Waals surface area contributed by atoms with Crippen LogP contribution >= 0.6 is 0 Å². The normalized spacial score (nSPS) is 12.0. The van der Waals surface area contributed by atoms with Crippen molar-refractivity contribution in [2.24, 2.45) is 0 Å². The van der Waals surface area contributed by atoms with Gasteiger partial charge in [-0.3, -0.25) is 4.79 Å². The van der Waals surface area contributed by atoms with Gasteiger partial charge in [-0.1, -0.05) is 19.1 Å². The quantitative estimate of drug-likeness (QED) is 0.737. The summed E-state index contributed by atoms with van der Waals surface area (Å²) in [7, 11) is 0. The van der Waals surface area contributed by atoms with Gasteiger partial charge in [-0.15, -0.1) is 0 Å². The number of halogens is 1. The molecular formula is C19H19FN4O. The molecule has 0 radical (unpaired) electrons. The highest BCUT2D eigenvalue weighted by atomic mass is 19.1. The predicted molar refractivity (Wildman–Crippen MR) is 96.4 cm³/mol. The second-order valence-electron chi connectivity index (χ2n) is 5.83. The Hall–Kier alpha value is -3.02. The molecule has 0 aliphatic heterocycles. The second-order valence-corrected chi connectivity index (χ2v) is 5.83. The first kappa shape index (κ1) is 16.8. The highest BCUT2D eigenvalue weighted by Crippen LogP contribution is 2.24. The van der Waals surface area contributed by atoms with E-state index in [2.05, 4.69) is 20.6 Å². The summed E-state index contributed by atoms with van der Waals surface area (Å²) < 4.78 is 13.1. The molecule has 1 amide bonds. The monoisotopic (exact) mass is 338 g/mol. The van der Waals surface area contributed by atoms with E-state index in [9.17, 15) is 9.18 Å². The molecule has 2 N–H and O–H groups in total. The number of fused-ring (bicyclic) bond motifs is 1. The molecule has 0 saturated carbocycles. The number of amides is 1. The van der Waals surface area contributed by atoms with E-state index in [4.69, 9.17) is 0 Å². The highest BCUT2D eigenvalue weighted by Gasteiger charge is 2.15. The molecule has 0 saturated heterocycles. The van der Waals surface area contributed by atoms with Crippen molar-refractivity contribution >= 4 is 28.3 Å². The summed E-state index contributed by atoms with van der Waals surface area (Å²) in [6.45, 7) is 3.92. The van der Waals surface area contributed by atoms with Crippen molar-refractivity contribution in [1.82, 2.24) is 15.3 Å². The van der Waals surface area contributed by atoms with Crippen molar-refractivity contribution in [2.75, 3.05) is 5.32 Å². The zero-order valence-corrected chi connectivity index (χ0v) is 14.1. The molecule has 0 fully saturated rings. The number of rotatable bonds is 5. The molecule has 1 atom stereocenters. The molecule has 25 heavy (non-hydrogen) atoms. The van der Waals surface area contributed by atoms with Gasteiger partial charge in [0.15, 0.2) is 0 Å². The van der Waals surface area contributed by atoms with Gasteiger partial charge >= 0.3 is 0 Å². The Balaban J connectivity index is 2.00. The largest absolute Gasteiger partial charge is 0.347 e. The maximum absolute atomic E-state index is 13.1. The van der Waals surface area contributed by atoms with Crippen LogP contribution in [0.15, 0.2) is 48.5 Å². The molecule has 3 rings (SSSR count). The minimum Gasteiger partial charge on any atom is -0.347 e. The number of aromatic nitrogens is 2. The first-order valence-corrected chi connectivity index (χ1v) is 8.17. The Morgan fingerprint density at radius 1 is 1.12 bits per heavy atom. The van der Waals surface area contributed by atoms with Gasteiger partial charge in [0.1, 0.15) is 11.6 Å². The molecule has 0 bridgehead atoms. The van der Waals surface area contributed by atoms with Crippen LogP contribution in [-0.2, 0) is 0 Å². The maximum atomic E-state index is 13.1. The van der Waals surface area contributed by atoms with Crippen molar-refractivity contribution in [3.05, 3.63) is 60.2 Å². The summed E-state index contributed by atoms with van der Waals surface area (Å²) in [5.41, 5.74) is 1.34. The maximum Gasteiger partial charge on any atom is 0.289 e. The molecule has 128 valence electrons. The summed E-state index contributed by atoms with van der Waals surface area (Å²) in [5.74, 6) is -0.0240. The average molecular weight is 338 g/mol. The SMILES string of the molecule is CCC(C)NC(=O)c1nc(Nc2ccc(F)cc2)c2ccccc2n1. The molecular weight excluding hydrogens is 319 g/mol. The van der Waals surface area contributed by atoms with Crippen LogP contribution in [0.4, 0.5) is 15.9 Å². The summed E-state index contributed by atoms with van der Waals surface area (Å²) >= 11 is 0. The number of hydrogen-bond donors (Lipinski definition) is 2. The van der Waals surface area contributed by atoms with E-state index in [-0.39, 0.29) is 23.6 Å².